The summed E-state index contributed by atoms with van der Waals surface area (Å²) in [7, 11) is 0. The van der Waals surface area contributed by atoms with Crippen LogP contribution in [0.25, 0.3) is 0 Å². The van der Waals surface area contributed by atoms with Crippen molar-refractivity contribution < 1.29 is 9.53 Å². The molecule has 1 aromatic heterocycles. The van der Waals surface area contributed by atoms with Gasteiger partial charge in [-0.2, -0.15) is 0 Å². The van der Waals surface area contributed by atoms with Gasteiger partial charge in [-0.3, -0.25) is 4.98 Å². The summed E-state index contributed by atoms with van der Waals surface area (Å²) in [5.74, 6) is 0.673. The van der Waals surface area contributed by atoms with Crippen molar-refractivity contribution in [2.75, 3.05) is 13.2 Å². The lowest BCUT2D eigenvalue weighted by Gasteiger charge is -2.11. The first-order valence-corrected chi connectivity index (χ1v) is 7.39. The average molecular weight is 275 g/mol. The van der Waals surface area contributed by atoms with Gasteiger partial charge in [-0.15, -0.1) is 0 Å². The minimum Gasteiger partial charge on any atom is -0.376 e. The third-order valence-corrected chi connectivity index (χ3v) is 3.81. The van der Waals surface area contributed by atoms with Gasteiger partial charge >= 0.3 is 6.03 Å². The van der Waals surface area contributed by atoms with Gasteiger partial charge in [0, 0.05) is 37.5 Å². The molecule has 1 saturated carbocycles. The second-order valence-electron chi connectivity index (χ2n) is 5.56. The van der Waals surface area contributed by atoms with Crippen LogP contribution in [-0.2, 0) is 11.3 Å². The van der Waals surface area contributed by atoms with E-state index < -0.39 is 0 Å². The standard InChI is InChI=1S/C15H21N3O2/c19-15(18-10-13-2-1-7-20-13)17-9-11-3-6-14(16-8-11)12-4-5-12/h3,6,8,12-13H,1-2,4-5,7,9-10H2,(H2,17,18,19). The Bertz CT molecular complexity index is 451. The zero-order chi connectivity index (χ0) is 13.8. The Morgan fingerprint density at radius 3 is 2.85 bits per heavy atom. The van der Waals surface area contributed by atoms with Gasteiger partial charge in [-0.1, -0.05) is 6.07 Å². The van der Waals surface area contributed by atoms with E-state index in [2.05, 4.69) is 21.7 Å². The number of carbonyl (C=O) groups excluding carboxylic acids is 1. The van der Waals surface area contributed by atoms with Gasteiger partial charge in [0.25, 0.3) is 0 Å². The van der Waals surface area contributed by atoms with Crippen molar-refractivity contribution >= 4 is 6.03 Å². The fraction of sp³-hybridized carbons (Fsp3) is 0.600. The highest BCUT2D eigenvalue weighted by molar-refractivity contribution is 5.73. The molecule has 1 atom stereocenters. The van der Waals surface area contributed by atoms with Crippen LogP contribution in [0.2, 0.25) is 0 Å². The zero-order valence-corrected chi connectivity index (χ0v) is 11.6. The molecule has 2 aliphatic rings. The molecule has 0 spiro atoms. The summed E-state index contributed by atoms with van der Waals surface area (Å²) >= 11 is 0. The molecule has 1 unspecified atom stereocenters. The summed E-state index contributed by atoms with van der Waals surface area (Å²) in [6.07, 6.45) is 6.68. The lowest BCUT2D eigenvalue weighted by Crippen LogP contribution is -2.39. The number of amides is 2. The monoisotopic (exact) mass is 275 g/mol. The van der Waals surface area contributed by atoms with E-state index in [1.165, 1.54) is 18.5 Å². The SMILES string of the molecule is O=C(NCc1ccc(C2CC2)nc1)NCC1CCCO1. The number of rotatable bonds is 5. The molecule has 1 aliphatic carbocycles. The van der Waals surface area contributed by atoms with Crippen molar-refractivity contribution in [2.24, 2.45) is 0 Å². The van der Waals surface area contributed by atoms with Gasteiger partial charge in [0.2, 0.25) is 0 Å². The summed E-state index contributed by atoms with van der Waals surface area (Å²) in [4.78, 5) is 16.1. The molecule has 108 valence electrons. The molecule has 2 amide bonds. The lowest BCUT2D eigenvalue weighted by atomic mass is 10.2. The number of urea groups is 1. The van der Waals surface area contributed by atoms with Crippen molar-refractivity contribution in [1.82, 2.24) is 15.6 Å². The Hall–Kier alpha value is -1.62. The van der Waals surface area contributed by atoms with Gasteiger partial charge < -0.3 is 15.4 Å². The Labute approximate surface area is 119 Å². The third-order valence-electron chi connectivity index (χ3n) is 3.81. The first-order valence-electron chi connectivity index (χ1n) is 7.39. The largest absolute Gasteiger partial charge is 0.376 e. The van der Waals surface area contributed by atoms with Crippen LogP contribution in [0.5, 0.6) is 0 Å². The third kappa shape index (κ3) is 3.70. The maximum absolute atomic E-state index is 11.7. The van der Waals surface area contributed by atoms with Gasteiger partial charge in [0.15, 0.2) is 0 Å². The van der Waals surface area contributed by atoms with Crippen molar-refractivity contribution in [3.8, 4) is 0 Å². The van der Waals surface area contributed by atoms with E-state index in [0.29, 0.717) is 19.0 Å². The number of hydrogen-bond acceptors (Lipinski definition) is 3. The van der Waals surface area contributed by atoms with E-state index in [4.69, 9.17) is 4.74 Å². The second-order valence-corrected chi connectivity index (χ2v) is 5.56. The van der Waals surface area contributed by atoms with Crippen LogP contribution in [0, 0.1) is 0 Å². The number of carbonyl (C=O) groups is 1. The van der Waals surface area contributed by atoms with Gasteiger partial charge in [0.05, 0.1) is 6.10 Å². The minimum atomic E-state index is -0.147. The number of pyridine rings is 1. The smallest absolute Gasteiger partial charge is 0.315 e. The fourth-order valence-electron chi connectivity index (χ4n) is 2.42. The van der Waals surface area contributed by atoms with Crippen LogP contribution in [0.1, 0.15) is 42.9 Å². The van der Waals surface area contributed by atoms with Crippen LogP contribution >= 0.6 is 0 Å². The Morgan fingerprint density at radius 2 is 2.20 bits per heavy atom. The molecule has 0 bridgehead atoms. The number of nitrogens with zero attached hydrogens (tertiary/aromatic N) is 1. The van der Waals surface area contributed by atoms with Crippen molar-refractivity contribution in [3.05, 3.63) is 29.6 Å². The van der Waals surface area contributed by atoms with Crippen LogP contribution < -0.4 is 10.6 Å². The van der Waals surface area contributed by atoms with Crippen LogP contribution in [0.4, 0.5) is 4.79 Å². The molecule has 1 aromatic rings. The molecule has 0 aromatic carbocycles. The molecule has 5 nitrogen and oxygen atoms in total. The van der Waals surface area contributed by atoms with Crippen LogP contribution in [0.15, 0.2) is 18.3 Å². The highest BCUT2D eigenvalue weighted by atomic mass is 16.5. The van der Waals surface area contributed by atoms with Gasteiger partial charge in [-0.05, 0) is 37.3 Å². The van der Waals surface area contributed by atoms with Gasteiger partial charge in [-0.25, -0.2) is 4.79 Å². The first kappa shape index (κ1) is 13.4. The highest BCUT2D eigenvalue weighted by Gasteiger charge is 2.24. The van der Waals surface area contributed by atoms with E-state index >= 15 is 0 Å². The van der Waals surface area contributed by atoms with E-state index in [-0.39, 0.29) is 12.1 Å². The molecule has 1 saturated heterocycles. The highest BCUT2D eigenvalue weighted by Crippen LogP contribution is 2.38. The normalized spacial score (nSPS) is 21.7. The summed E-state index contributed by atoms with van der Waals surface area (Å²) < 4.78 is 5.46. The summed E-state index contributed by atoms with van der Waals surface area (Å²) in [5, 5.41) is 5.68. The molecule has 1 aliphatic heterocycles. The number of aromatic nitrogens is 1. The molecule has 0 radical (unpaired) electrons. The van der Waals surface area contributed by atoms with Crippen molar-refractivity contribution in [1.29, 1.82) is 0 Å². The Morgan fingerprint density at radius 1 is 1.30 bits per heavy atom. The lowest BCUT2D eigenvalue weighted by molar-refractivity contribution is 0.111. The molecule has 3 rings (SSSR count). The van der Waals surface area contributed by atoms with E-state index in [9.17, 15) is 4.79 Å². The second kappa shape index (κ2) is 6.22. The molecular weight excluding hydrogens is 254 g/mol. The molecule has 2 N–H and O–H groups in total. The molecule has 5 heteroatoms. The molecule has 2 fully saturated rings. The summed E-state index contributed by atoms with van der Waals surface area (Å²) in [6, 6.07) is 3.96. The topological polar surface area (TPSA) is 63.2 Å². The maximum atomic E-state index is 11.7. The number of hydrogen-bond donors (Lipinski definition) is 2. The van der Waals surface area contributed by atoms with Gasteiger partial charge in [0.1, 0.15) is 0 Å². The number of nitrogens with one attached hydrogen (secondary N) is 2. The minimum absolute atomic E-state index is 0.147. The number of ether oxygens (including phenoxy) is 1. The summed E-state index contributed by atoms with van der Waals surface area (Å²) in [6.45, 7) is 1.91. The molecular formula is C15H21N3O2. The van der Waals surface area contributed by atoms with E-state index in [1.807, 2.05) is 12.3 Å². The van der Waals surface area contributed by atoms with Crippen molar-refractivity contribution in [2.45, 2.75) is 44.2 Å². The van der Waals surface area contributed by atoms with E-state index in [1.54, 1.807) is 0 Å². The molecule has 20 heavy (non-hydrogen) atoms. The molecule has 2 heterocycles. The van der Waals surface area contributed by atoms with E-state index in [0.717, 1.165) is 25.0 Å². The predicted molar refractivity (Wildman–Crippen MR) is 75.4 cm³/mol. The Balaban J connectivity index is 1.38. The fourth-order valence-corrected chi connectivity index (χ4v) is 2.42. The zero-order valence-electron chi connectivity index (χ0n) is 11.6. The maximum Gasteiger partial charge on any atom is 0.315 e. The first-order chi connectivity index (χ1) is 9.81. The van der Waals surface area contributed by atoms with Crippen molar-refractivity contribution in [3.63, 3.8) is 0 Å². The quantitative estimate of drug-likeness (QED) is 0.863. The Kier molecular flexibility index (Phi) is 4.16. The van der Waals surface area contributed by atoms with Crippen LogP contribution in [-0.4, -0.2) is 30.3 Å². The predicted octanol–water partition coefficient (Wildman–Crippen LogP) is 1.94. The average Bonchev–Trinajstić information content (AvgIpc) is 3.20. The summed E-state index contributed by atoms with van der Waals surface area (Å²) in [5.41, 5.74) is 2.21. The van der Waals surface area contributed by atoms with Crippen LogP contribution in [0.3, 0.4) is 0 Å².